The van der Waals surface area contributed by atoms with Crippen molar-refractivity contribution in [2.45, 2.75) is 43.0 Å². The average Bonchev–Trinajstić information content (AvgIpc) is 2.30. The first kappa shape index (κ1) is 10.9. The summed E-state index contributed by atoms with van der Waals surface area (Å²) < 4.78 is 25.4. The number of hydrogen-bond donors (Lipinski definition) is 1. The molecule has 0 spiro atoms. The molecule has 0 heterocycles. The summed E-state index contributed by atoms with van der Waals surface area (Å²) in [6.07, 6.45) is 0.0333. The highest BCUT2D eigenvalue weighted by molar-refractivity contribution is 9.10. The molecule has 0 aromatic rings. The molecule has 0 aliphatic heterocycles. The summed E-state index contributed by atoms with van der Waals surface area (Å²) in [5.74, 6) is -2.81. The molecular weight excluding hydrogens is 244 g/mol. The van der Waals surface area contributed by atoms with Crippen molar-refractivity contribution in [3.8, 4) is 0 Å². The molecule has 2 atom stereocenters. The van der Waals surface area contributed by atoms with Crippen LogP contribution in [0.2, 0.25) is 0 Å². The molecule has 1 rings (SSSR count). The van der Waals surface area contributed by atoms with E-state index in [1.165, 1.54) is 0 Å². The van der Waals surface area contributed by atoms with Crippen LogP contribution in [0.15, 0.2) is 0 Å². The van der Waals surface area contributed by atoms with Gasteiger partial charge in [0.15, 0.2) is 0 Å². The lowest BCUT2D eigenvalue weighted by molar-refractivity contribution is -0.120. The van der Waals surface area contributed by atoms with Crippen LogP contribution in [0.3, 0.4) is 0 Å². The van der Waals surface area contributed by atoms with Crippen molar-refractivity contribution in [3.05, 3.63) is 0 Å². The molecule has 0 aromatic carbocycles. The van der Waals surface area contributed by atoms with E-state index in [-0.39, 0.29) is 29.6 Å². The smallest absolute Gasteiger partial charge is 0.250 e. The Morgan fingerprint density at radius 3 is 2.69 bits per heavy atom. The number of carbonyl (C=O) groups is 1. The van der Waals surface area contributed by atoms with Gasteiger partial charge in [-0.1, -0.05) is 15.9 Å². The van der Waals surface area contributed by atoms with E-state index in [9.17, 15) is 13.6 Å². The first-order valence-electron chi connectivity index (χ1n) is 4.23. The summed E-state index contributed by atoms with van der Waals surface area (Å²) in [7, 11) is 0. The van der Waals surface area contributed by atoms with E-state index >= 15 is 0 Å². The molecule has 0 saturated heterocycles. The van der Waals surface area contributed by atoms with Crippen LogP contribution in [-0.4, -0.2) is 22.7 Å². The Bertz CT molecular complexity index is 208. The van der Waals surface area contributed by atoms with Crippen LogP contribution in [0.25, 0.3) is 0 Å². The Balaban J connectivity index is 2.37. The first-order valence-corrected chi connectivity index (χ1v) is 5.14. The van der Waals surface area contributed by atoms with Crippen LogP contribution >= 0.6 is 15.9 Å². The number of amides is 1. The lowest BCUT2D eigenvalue weighted by Gasteiger charge is -2.13. The molecule has 1 fully saturated rings. The van der Waals surface area contributed by atoms with Gasteiger partial charge in [-0.3, -0.25) is 4.79 Å². The Morgan fingerprint density at radius 2 is 2.31 bits per heavy atom. The van der Waals surface area contributed by atoms with Crippen molar-refractivity contribution in [3.63, 3.8) is 0 Å². The highest BCUT2D eigenvalue weighted by Gasteiger charge is 2.40. The van der Waals surface area contributed by atoms with E-state index < -0.39 is 5.92 Å². The second-order valence-corrected chi connectivity index (χ2v) is 4.79. The molecule has 1 amide bonds. The largest absolute Gasteiger partial charge is 0.352 e. The highest BCUT2D eigenvalue weighted by atomic mass is 79.9. The zero-order valence-corrected chi connectivity index (χ0v) is 8.90. The number of halogens is 3. The van der Waals surface area contributed by atoms with Crippen LogP contribution < -0.4 is 5.32 Å². The van der Waals surface area contributed by atoms with E-state index in [1.54, 1.807) is 6.92 Å². The van der Waals surface area contributed by atoms with Gasteiger partial charge in [-0.05, 0) is 13.3 Å². The maximum atomic E-state index is 12.7. The van der Waals surface area contributed by atoms with E-state index in [2.05, 4.69) is 21.2 Å². The fourth-order valence-electron chi connectivity index (χ4n) is 1.39. The normalized spacial score (nSPS) is 28.5. The summed E-state index contributed by atoms with van der Waals surface area (Å²) >= 11 is 3.08. The quantitative estimate of drug-likeness (QED) is 0.753. The molecule has 1 aliphatic carbocycles. The van der Waals surface area contributed by atoms with Gasteiger partial charge in [-0.15, -0.1) is 0 Å². The molecular formula is C8H12BrF2NO. The van der Waals surface area contributed by atoms with Crippen LogP contribution in [-0.2, 0) is 4.79 Å². The van der Waals surface area contributed by atoms with Gasteiger partial charge in [0.05, 0.1) is 4.83 Å². The monoisotopic (exact) mass is 255 g/mol. The molecule has 0 bridgehead atoms. The van der Waals surface area contributed by atoms with E-state index in [4.69, 9.17) is 0 Å². The SMILES string of the molecule is CC(Br)C(=O)NC1CCC(F)(F)C1. The van der Waals surface area contributed by atoms with Gasteiger partial charge in [0.25, 0.3) is 0 Å². The Morgan fingerprint density at radius 1 is 1.69 bits per heavy atom. The van der Waals surface area contributed by atoms with Gasteiger partial charge in [0.1, 0.15) is 0 Å². The first-order chi connectivity index (χ1) is 5.91. The maximum Gasteiger partial charge on any atom is 0.250 e. The molecule has 1 N–H and O–H groups in total. The van der Waals surface area contributed by atoms with Gasteiger partial charge >= 0.3 is 0 Å². The van der Waals surface area contributed by atoms with Crippen molar-refractivity contribution >= 4 is 21.8 Å². The van der Waals surface area contributed by atoms with Crippen molar-refractivity contribution in [1.82, 2.24) is 5.32 Å². The number of carbonyl (C=O) groups excluding carboxylic acids is 1. The topological polar surface area (TPSA) is 29.1 Å². The average molecular weight is 256 g/mol. The minimum Gasteiger partial charge on any atom is -0.352 e. The summed E-state index contributed by atoms with van der Waals surface area (Å²) in [4.78, 5) is 10.8. The Labute approximate surface area is 84.2 Å². The minimum atomic E-state index is -2.59. The fraction of sp³-hybridized carbons (Fsp3) is 0.875. The van der Waals surface area contributed by atoms with E-state index in [1.807, 2.05) is 0 Å². The van der Waals surface area contributed by atoms with Crippen LogP contribution in [0, 0.1) is 0 Å². The lowest BCUT2D eigenvalue weighted by Crippen LogP contribution is -2.37. The molecule has 1 aliphatic rings. The summed E-state index contributed by atoms with van der Waals surface area (Å²) in [5.41, 5.74) is 0. The van der Waals surface area contributed by atoms with Crippen LogP contribution in [0.5, 0.6) is 0 Å². The summed E-state index contributed by atoms with van der Waals surface area (Å²) in [6, 6.07) is -0.359. The third kappa shape index (κ3) is 3.21. The zero-order valence-electron chi connectivity index (χ0n) is 7.32. The molecule has 13 heavy (non-hydrogen) atoms. The third-order valence-electron chi connectivity index (χ3n) is 2.11. The van der Waals surface area contributed by atoms with Gasteiger partial charge in [0.2, 0.25) is 11.8 Å². The Hall–Kier alpha value is -0.190. The number of rotatable bonds is 2. The molecule has 0 aromatic heterocycles. The second-order valence-electron chi connectivity index (χ2n) is 3.42. The van der Waals surface area contributed by atoms with Crippen LogP contribution in [0.1, 0.15) is 26.2 Å². The number of alkyl halides is 3. The number of nitrogens with one attached hydrogen (secondary N) is 1. The van der Waals surface area contributed by atoms with E-state index in [0.29, 0.717) is 6.42 Å². The lowest BCUT2D eigenvalue weighted by atomic mass is 10.2. The number of hydrogen-bond acceptors (Lipinski definition) is 1. The van der Waals surface area contributed by atoms with Gasteiger partial charge in [0, 0.05) is 18.9 Å². The molecule has 76 valence electrons. The second kappa shape index (κ2) is 3.90. The van der Waals surface area contributed by atoms with E-state index in [0.717, 1.165) is 0 Å². The highest BCUT2D eigenvalue weighted by Crippen LogP contribution is 2.34. The molecule has 2 unspecified atom stereocenters. The minimum absolute atomic E-state index is 0.116. The Kier molecular flexibility index (Phi) is 3.27. The molecule has 1 saturated carbocycles. The van der Waals surface area contributed by atoms with Crippen molar-refractivity contribution in [1.29, 1.82) is 0 Å². The van der Waals surface area contributed by atoms with Gasteiger partial charge in [-0.25, -0.2) is 8.78 Å². The van der Waals surface area contributed by atoms with Gasteiger partial charge in [-0.2, -0.15) is 0 Å². The predicted molar refractivity (Wildman–Crippen MR) is 49.1 cm³/mol. The zero-order chi connectivity index (χ0) is 10.1. The van der Waals surface area contributed by atoms with Gasteiger partial charge < -0.3 is 5.32 Å². The molecule has 0 radical (unpaired) electrons. The van der Waals surface area contributed by atoms with Crippen molar-refractivity contribution < 1.29 is 13.6 Å². The molecule has 2 nitrogen and oxygen atoms in total. The standard InChI is InChI=1S/C8H12BrF2NO/c1-5(9)7(13)12-6-2-3-8(10,11)4-6/h5-6H,2-4H2,1H3,(H,12,13). The van der Waals surface area contributed by atoms with Crippen molar-refractivity contribution in [2.24, 2.45) is 0 Å². The summed E-state index contributed by atoms with van der Waals surface area (Å²) in [5, 5.41) is 2.57. The van der Waals surface area contributed by atoms with Crippen LogP contribution in [0.4, 0.5) is 8.78 Å². The van der Waals surface area contributed by atoms with Crippen molar-refractivity contribution in [2.75, 3.05) is 0 Å². The summed E-state index contributed by atoms with van der Waals surface area (Å²) in [6.45, 7) is 1.67. The molecule has 5 heteroatoms. The maximum absolute atomic E-state index is 12.7. The fourth-order valence-corrected chi connectivity index (χ4v) is 1.52. The third-order valence-corrected chi connectivity index (χ3v) is 2.53. The predicted octanol–water partition coefficient (Wildman–Crippen LogP) is 2.07.